The van der Waals surface area contributed by atoms with Crippen molar-refractivity contribution in [3.05, 3.63) is 36.0 Å². The van der Waals surface area contributed by atoms with Crippen LogP contribution in [0.2, 0.25) is 0 Å². The molecule has 0 bridgehead atoms. The molecule has 1 aromatic heterocycles. The first-order valence-electron chi connectivity index (χ1n) is 5.18. The predicted octanol–water partition coefficient (Wildman–Crippen LogP) is 1.94. The lowest BCUT2D eigenvalue weighted by molar-refractivity contribution is -0.327. The van der Waals surface area contributed by atoms with Crippen LogP contribution < -0.4 is 4.74 Å². The molecule has 1 aromatic carbocycles. The first-order chi connectivity index (χ1) is 8.90. The maximum Gasteiger partial charge on any atom is 0.532 e. The van der Waals surface area contributed by atoms with Crippen LogP contribution in [0.25, 0.3) is 10.9 Å². The number of halogens is 2. The number of para-hydroxylation sites is 1. The number of ether oxygens (including phenoxy) is 2. The van der Waals surface area contributed by atoms with E-state index in [0.29, 0.717) is 10.9 Å². The highest BCUT2D eigenvalue weighted by Crippen LogP contribution is 2.27. The number of hydrogen-bond donors (Lipinski definition) is 1. The summed E-state index contributed by atoms with van der Waals surface area (Å²) in [5, 5.41) is 8.87. The van der Waals surface area contributed by atoms with Crippen LogP contribution in [0, 0.1) is 0 Å². The molecule has 0 aliphatic rings. The average molecular weight is 269 g/mol. The SMILES string of the molecule is COC(=O)c1nc2ccccc2cc1OC(O)(F)F. The number of hydrogen-bond acceptors (Lipinski definition) is 5. The van der Waals surface area contributed by atoms with Crippen LogP contribution in [-0.4, -0.2) is 29.5 Å². The number of benzene rings is 1. The summed E-state index contributed by atoms with van der Waals surface area (Å²) < 4.78 is 33.5. The van der Waals surface area contributed by atoms with Gasteiger partial charge >= 0.3 is 12.3 Å². The number of alkyl halides is 2. The molecule has 5 nitrogen and oxygen atoms in total. The monoisotopic (exact) mass is 269 g/mol. The molecule has 2 aromatic rings. The van der Waals surface area contributed by atoms with Gasteiger partial charge < -0.3 is 14.6 Å². The van der Waals surface area contributed by atoms with Gasteiger partial charge in [0.15, 0.2) is 11.4 Å². The molecule has 0 saturated heterocycles. The first-order valence-corrected chi connectivity index (χ1v) is 5.18. The minimum Gasteiger partial charge on any atom is -0.464 e. The Hall–Kier alpha value is -2.28. The van der Waals surface area contributed by atoms with Crippen LogP contribution in [0.4, 0.5) is 8.78 Å². The van der Waals surface area contributed by atoms with Gasteiger partial charge in [-0.1, -0.05) is 18.2 Å². The number of rotatable bonds is 3. The van der Waals surface area contributed by atoms with Gasteiger partial charge in [0.25, 0.3) is 0 Å². The van der Waals surface area contributed by atoms with Gasteiger partial charge in [-0.05, 0) is 12.1 Å². The molecule has 100 valence electrons. The predicted molar refractivity (Wildman–Crippen MR) is 60.9 cm³/mol. The highest BCUT2D eigenvalue weighted by atomic mass is 19.3. The average Bonchev–Trinajstić information content (AvgIpc) is 2.35. The smallest absolute Gasteiger partial charge is 0.464 e. The number of esters is 1. The topological polar surface area (TPSA) is 68.7 Å². The molecule has 0 unspecified atom stereocenters. The summed E-state index contributed by atoms with van der Waals surface area (Å²) >= 11 is 0. The fourth-order valence-electron chi connectivity index (χ4n) is 1.55. The van der Waals surface area contributed by atoms with Crippen molar-refractivity contribution in [2.45, 2.75) is 6.29 Å². The molecule has 0 atom stereocenters. The van der Waals surface area contributed by atoms with Crippen molar-refractivity contribution in [2.75, 3.05) is 7.11 Å². The van der Waals surface area contributed by atoms with Crippen molar-refractivity contribution in [1.82, 2.24) is 4.98 Å². The van der Waals surface area contributed by atoms with E-state index in [1.165, 1.54) is 6.07 Å². The molecule has 0 radical (unpaired) electrons. The van der Waals surface area contributed by atoms with Crippen molar-refractivity contribution >= 4 is 16.9 Å². The second-order valence-electron chi connectivity index (χ2n) is 3.61. The molecule has 7 heteroatoms. The molecule has 0 saturated carbocycles. The lowest BCUT2D eigenvalue weighted by Gasteiger charge is -2.13. The summed E-state index contributed by atoms with van der Waals surface area (Å²) in [6.45, 7) is 0. The highest BCUT2D eigenvalue weighted by molar-refractivity contribution is 5.94. The summed E-state index contributed by atoms with van der Waals surface area (Å²) in [4.78, 5) is 15.4. The molecular formula is C12H9F2NO4. The second kappa shape index (κ2) is 4.77. The summed E-state index contributed by atoms with van der Waals surface area (Å²) in [6.07, 6.45) is -4.41. The molecule has 0 aliphatic heterocycles. The Labute approximate surface area is 106 Å². The Kier molecular flexibility index (Phi) is 3.30. The second-order valence-corrected chi connectivity index (χ2v) is 3.61. The number of carbonyl (C=O) groups excluding carboxylic acids is 1. The molecule has 0 amide bonds. The van der Waals surface area contributed by atoms with E-state index < -0.39 is 23.7 Å². The zero-order valence-electron chi connectivity index (χ0n) is 9.76. The van der Waals surface area contributed by atoms with Crippen molar-refractivity contribution in [1.29, 1.82) is 0 Å². The van der Waals surface area contributed by atoms with Gasteiger partial charge in [0.1, 0.15) is 0 Å². The van der Waals surface area contributed by atoms with E-state index in [4.69, 9.17) is 5.11 Å². The maximum atomic E-state index is 12.5. The van der Waals surface area contributed by atoms with Crippen LogP contribution in [-0.2, 0) is 4.74 Å². The number of aromatic nitrogens is 1. The van der Waals surface area contributed by atoms with Crippen LogP contribution in [0.3, 0.4) is 0 Å². The van der Waals surface area contributed by atoms with E-state index >= 15 is 0 Å². The fraction of sp³-hybridized carbons (Fsp3) is 0.167. The third kappa shape index (κ3) is 2.94. The first kappa shape index (κ1) is 13.2. The lowest BCUT2D eigenvalue weighted by Crippen LogP contribution is -2.25. The zero-order valence-corrected chi connectivity index (χ0v) is 9.76. The van der Waals surface area contributed by atoms with E-state index in [1.807, 2.05) is 0 Å². The van der Waals surface area contributed by atoms with Crippen LogP contribution >= 0.6 is 0 Å². The molecule has 1 N–H and O–H groups in total. The summed E-state index contributed by atoms with van der Waals surface area (Å²) in [5.41, 5.74) is -0.0218. The number of carbonyl (C=O) groups is 1. The van der Waals surface area contributed by atoms with E-state index in [9.17, 15) is 13.6 Å². The number of fused-ring (bicyclic) bond motifs is 1. The molecular weight excluding hydrogens is 260 g/mol. The highest BCUT2D eigenvalue weighted by Gasteiger charge is 2.31. The van der Waals surface area contributed by atoms with Gasteiger partial charge in [-0.3, -0.25) is 0 Å². The Morgan fingerprint density at radius 1 is 1.37 bits per heavy atom. The quantitative estimate of drug-likeness (QED) is 0.681. The van der Waals surface area contributed by atoms with E-state index in [-0.39, 0.29) is 0 Å². The minimum absolute atomic E-state index is 0.413. The number of nitrogens with zero attached hydrogens (tertiary/aromatic N) is 1. The molecule has 19 heavy (non-hydrogen) atoms. The summed E-state index contributed by atoms with van der Waals surface area (Å²) in [7, 11) is 1.08. The van der Waals surface area contributed by atoms with Crippen molar-refractivity contribution in [2.24, 2.45) is 0 Å². The van der Waals surface area contributed by atoms with Gasteiger partial charge in [0.05, 0.1) is 12.6 Å². The largest absolute Gasteiger partial charge is 0.532 e. The van der Waals surface area contributed by atoms with Crippen LogP contribution in [0.1, 0.15) is 10.5 Å². The third-order valence-corrected chi connectivity index (χ3v) is 2.30. The Balaban J connectivity index is 2.60. The molecule has 0 aliphatic carbocycles. The number of methoxy groups -OCH3 is 1. The Bertz CT molecular complexity index is 625. The van der Waals surface area contributed by atoms with Crippen LogP contribution in [0.5, 0.6) is 5.75 Å². The molecule has 1 heterocycles. The summed E-state index contributed by atoms with van der Waals surface area (Å²) in [5.74, 6) is -1.50. The molecule has 0 spiro atoms. The lowest BCUT2D eigenvalue weighted by atomic mass is 10.2. The number of aliphatic hydroxyl groups is 1. The van der Waals surface area contributed by atoms with Gasteiger partial charge in [-0.25, -0.2) is 9.78 Å². The van der Waals surface area contributed by atoms with Gasteiger partial charge in [-0.15, -0.1) is 8.78 Å². The summed E-state index contributed by atoms with van der Waals surface area (Å²) in [6, 6.07) is 7.73. The molecule has 0 fully saturated rings. The fourth-order valence-corrected chi connectivity index (χ4v) is 1.55. The zero-order chi connectivity index (χ0) is 14.0. The maximum absolute atomic E-state index is 12.5. The van der Waals surface area contributed by atoms with Gasteiger partial charge in [-0.2, -0.15) is 0 Å². The van der Waals surface area contributed by atoms with Crippen LogP contribution in [0.15, 0.2) is 30.3 Å². The van der Waals surface area contributed by atoms with Crippen molar-refractivity contribution in [3.8, 4) is 5.75 Å². The van der Waals surface area contributed by atoms with E-state index in [2.05, 4.69) is 14.5 Å². The number of pyridine rings is 1. The Morgan fingerprint density at radius 2 is 2.05 bits per heavy atom. The van der Waals surface area contributed by atoms with E-state index in [1.54, 1.807) is 24.3 Å². The van der Waals surface area contributed by atoms with E-state index in [0.717, 1.165) is 7.11 Å². The standard InChI is InChI=1S/C12H9F2NO4/c1-18-11(16)10-9(19-12(13,14)17)6-7-4-2-3-5-8(7)15-10/h2-6,17H,1H3. The minimum atomic E-state index is -4.41. The normalized spacial score (nSPS) is 11.4. The molecule has 2 rings (SSSR count). The van der Waals surface area contributed by atoms with Crippen molar-refractivity contribution < 1.29 is 28.2 Å². The van der Waals surface area contributed by atoms with Gasteiger partial charge in [0.2, 0.25) is 0 Å². The van der Waals surface area contributed by atoms with Gasteiger partial charge in [0, 0.05) is 5.39 Å². The third-order valence-electron chi connectivity index (χ3n) is 2.30. The van der Waals surface area contributed by atoms with Crippen molar-refractivity contribution in [3.63, 3.8) is 0 Å². The Morgan fingerprint density at radius 3 is 2.68 bits per heavy atom.